The lowest BCUT2D eigenvalue weighted by Crippen LogP contribution is -2.45. The van der Waals surface area contributed by atoms with Crippen LogP contribution in [0, 0.1) is 5.82 Å². The molecule has 1 saturated heterocycles. The van der Waals surface area contributed by atoms with Crippen molar-refractivity contribution in [3.63, 3.8) is 0 Å². The van der Waals surface area contributed by atoms with E-state index in [1.165, 1.54) is 16.4 Å². The van der Waals surface area contributed by atoms with E-state index in [1.807, 2.05) is 18.2 Å². The van der Waals surface area contributed by atoms with Crippen molar-refractivity contribution >= 4 is 21.7 Å². The molecule has 0 spiro atoms. The Morgan fingerprint density at radius 3 is 2.50 bits per heavy atom. The Morgan fingerprint density at radius 2 is 1.79 bits per heavy atom. The number of piperidine rings is 1. The van der Waals surface area contributed by atoms with E-state index in [4.69, 9.17) is 0 Å². The van der Waals surface area contributed by atoms with E-state index in [0.29, 0.717) is 25.2 Å². The standard InChI is InChI=1S/C20H24FN3O3S/c21-16-9-11-19(12-10-16)28(26,27)24-15-5-4-8-18(24)13-14-22-20(25)23-17-6-2-1-3-7-17/h1-3,6-7,9-12,18H,4-5,8,13-15H2,(H2,22,23,25)/t18-/m0/s1. The number of anilines is 1. The summed E-state index contributed by atoms with van der Waals surface area (Å²) in [6, 6.07) is 13.5. The average molecular weight is 405 g/mol. The highest BCUT2D eigenvalue weighted by Gasteiger charge is 2.33. The van der Waals surface area contributed by atoms with Gasteiger partial charge in [0.2, 0.25) is 10.0 Å². The molecule has 2 aromatic carbocycles. The maximum absolute atomic E-state index is 13.1. The second kappa shape index (κ2) is 9.16. The number of amides is 2. The van der Waals surface area contributed by atoms with Gasteiger partial charge in [0.05, 0.1) is 4.90 Å². The van der Waals surface area contributed by atoms with E-state index in [-0.39, 0.29) is 17.0 Å². The largest absolute Gasteiger partial charge is 0.338 e. The van der Waals surface area contributed by atoms with Crippen LogP contribution in [0.4, 0.5) is 14.9 Å². The topological polar surface area (TPSA) is 78.5 Å². The van der Waals surface area contributed by atoms with Crippen molar-refractivity contribution in [1.82, 2.24) is 9.62 Å². The van der Waals surface area contributed by atoms with Gasteiger partial charge in [-0.3, -0.25) is 0 Å². The maximum Gasteiger partial charge on any atom is 0.319 e. The zero-order valence-electron chi connectivity index (χ0n) is 15.5. The molecule has 0 bridgehead atoms. The summed E-state index contributed by atoms with van der Waals surface area (Å²) < 4.78 is 40.5. The average Bonchev–Trinajstić information content (AvgIpc) is 2.69. The monoisotopic (exact) mass is 405 g/mol. The summed E-state index contributed by atoms with van der Waals surface area (Å²) in [7, 11) is -3.69. The summed E-state index contributed by atoms with van der Waals surface area (Å²) in [6.45, 7) is 0.791. The number of rotatable bonds is 6. The molecule has 2 amide bonds. The minimum absolute atomic E-state index is 0.0931. The predicted octanol–water partition coefficient (Wildman–Crippen LogP) is 3.58. The first kappa shape index (κ1) is 20.3. The van der Waals surface area contributed by atoms with Gasteiger partial charge in [0.15, 0.2) is 0 Å². The summed E-state index contributed by atoms with van der Waals surface area (Å²) in [5.74, 6) is -0.470. The molecule has 0 aromatic heterocycles. The van der Waals surface area contributed by atoms with Crippen molar-refractivity contribution in [2.45, 2.75) is 36.6 Å². The molecule has 28 heavy (non-hydrogen) atoms. The smallest absolute Gasteiger partial charge is 0.319 e. The third-order valence-corrected chi connectivity index (χ3v) is 6.75. The molecule has 150 valence electrons. The predicted molar refractivity (Wildman–Crippen MR) is 106 cm³/mol. The highest BCUT2D eigenvalue weighted by Crippen LogP contribution is 2.27. The van der Waals surface area contributed by atoms with Gasteiger partial charge in [-0.25, -0.2) is 17.6 Å². The fourth-order valence-corrected chi connectivity index (χ4v) is 5.09. The maximum atomic E-state index is 13.1. The third kappa shape index (κ3) is 5.08. The number of hydrogen-bond acceptors (Lipinski definition) is 3. The van der Waals surface area contributed by atoms with E-state index in [1.54, 1.807) is 12.1 Å². The van der Waals surface area contributed by atoms with Crippen molar-refractivity contribution < 1.29 is 17.6 Å². The number of hydrogen-bond donors (Lipinski definition) is 2. The highest BCUT2D eigenvalue weighted by atomic mass is 32.2. The molecule has 8 heteroatoms. The number of para-hydroxylation sites is 1. The van der Waals surface area contributed by atoms with Crippen LogP contribution in [0.15, 0.2) is 59.5 Å². The number of nitrogens with zero attached hydrogens (tertiary/aromatic N) is 1. The van der Waals surface area contributed by atoms with E-state index in [2.05, 4.69) is 10.6 Å². The van der Waals surface area contributed by atoms with E-state index in [0.717, 1.165) is 31.4 Å². The molecular formula is C20H24FN3O3S. The van der Waals surface area contributed by atoms with Crippen LogP contribution in [0.5, 0.6) is 0 Å². The molecule has 1 fully saturated rings. The van der Waals surface area contributed by atoms with Gasteiger partial charge >= 0.3 is 6.03 Å². The molecule has 0 radical (unpaired) electrons. The van der Waals surface area contributed by atoms with Crippen molar-refractivity contribution in [3.05, 3.63) is 60.4 Å². The number of urea groups is 1. The summed E-state index contributed by atoms with van der Waals surface area (Å²) >= 11 is 0. The van der Waals surface area contributed by atoms with Crippen LogP contribution in [-0.4, -0.2) is 37.9 Å². The molecule has 1 aliphatic heterocycles. The normalized spacial score (nSPS) is 17.8. The molecule has 0 aliphatic carbocycles. The van der Waals surface area contributed by atoms with E-state index < -0.39 is 15.8 Å². The van der Waals surface area contributed by atoms with Gasteiger partial charge in [0.1, 0.15) is 5.82 Å². The molecular weight excluding hydrogens is 381 g/mol. The quantitative estimate of drug-likeness (QED) is 0.771. The first-order chi connectivity index (χ1) is 13.5. The van der Waals surface area contributed by atoms with Crippen LogP contribution in [-0.2, 0) is 10.0 Å². The molecule has 2 N–H and O–H groups in total. The van der Waals surface area contributed by atoms with Gasteiger partial charge in [0.25, 0.3) is 0 Å². The highest BCUT2D eigenvalue weighted by molar-refractivity contribution is 7.89. The number of carbonyl (C=O) groups is 1. The van der Waals surface area contributed by atoms with Crippen LogP contribution in [0.1, 0.15) is 25.7 Å². The fourth-order valence-electron chi connectivity index (χ4n) is 3.37. The van der Waals surface area contributed by atoms with Crippen molar-refractivity contribution in [3.8, 4) is 0 Å². The van der Waals surface area contributed by atoms with Gasteiger partial charge < -0.3 is 10.6 Å². The molecule has 1 heterocycles. The molecule has 2 aromatic rings. The SMILES string of the molecule is O=C(NCC[C@@H]1CCCCN1S(=O)(=O)c1ccc(F)cc1)Nc1ccccc1. The Labute approximate surface area is 164 Å². The fraction of sp³-hybridized carbons (Fsp3) is 0.350. The molecule has 3 rings (SSSR count). The zero-order valence-corrected chi connectivity index (χ0v) is 16.3. The third-order valence-electron chi connectivity index (χ3n) is 4.79. The summed E-state index contributed by atoms with van der Waals surface area (Å²) in [5, 5.41) is 5.51. The molecule has 0 saturated carbocycles. The van der Waals surface area contributed by atoms with Crippen molar-refractivity contribution in [2.75, 3.05) is 18.4 Å². The van der Waals surface area contributed by atoms with Crippen LogP contribution in [0.3, 0.4) is 0 Å². The van der Waals surface area contributed by atoms with Crippen molar-refractivity contribution in [2.24, 2.45) is 0 Å². The Morgan fingerprint density at radius 1 is 1.07 bits per heavy atom. The number of sulfonamides is 1. The Bertz CT molecular complexity index is 889. The van der Waals surface area contributed by atoms with Crippen LogP contribution in [0.2, 0.25) is 0 Å². The molecule has 1 atom stereocenters. The van der Waals surface area contributed by atoms with E-state index in [9.17, 15) is 17.6 Å². The molecule has 0 unspecified atom stereocenters. The van der Waals surface area contributed by atoms with Gasteiger partial charge in [-0.1, -0.05) is 24.6 Å². The Hall–Kier alpha value is -2.45. The van der Waals surface area contributed by atoms with Crippen LogP contribution < -0.4 is 10.6 Å². The minimum atomic E-state index is -3.69. The lowest BCUT2D eigenvalue weighted by atomic mass is 10.0. The van der Waals surface area contributed by atoms with Gasteiger partial charge in [0, 0.05) is 24.8 Å². The van der Waals surface area contributed by atoms with Crippen LogP contribution >= 0.6 is 0 Å². The zero-order chi connectivity index (χ0) is 20.0. The summed E-state index contributed by atoms with van der Waals surface area (Å²) in [6.07, 6.45) is 2.99. The summed E-state index contributed by atoms with van der Waals surface area (Å²) in [5.41, 5.74) is 0.693. The second-order valence-corrected chi connectivity index (χ2v) is 8.65. The number of nitrogens with one attached hydrogen (secondary N) is 2. The lowest BCUT2D eigenvalue weighted by molar-refractivity contribution is 0.234. The number of benzene rings is 2. The molecule has 6 nitrogen and oxygen atoms in total. The van der Waals surface area contributed by atoms with Gasteiger partial charge in [-0.2, -0.15) is 4.31 Å². The first-order valence-corrected chi connectivity index (χ1v) is 10.8. The minimum Gasteiger partial charge on any atom is -0.338 e. The van der Waals surface area contributed by atoms with Gasteiger partial charge in [-0.05, 0) is 55.7 Å². The second-order valence-electron chi connectivity index (χ2n) is 6.75. The molecule has 1 aliphatic rings. The summed E-state index contributed by atoms with van der Waals surface area (Å²) in [4.78, 5) is 12.1. The number of halogens is 1. The van der Waals surface area contributed by atoms with Crippen LogP contribution in [0.25, 0.3) is 0 Å². The lowest BCUT2D eigenvalue weighted by Gasteiger charge is -2.34. The van der Waals surface area contributed by atoms with E-state index >= 15 is 0 Å². The Balaban J connectivity index is 1.59. The number of carbonyl (C=O) groups excluding carboxylic acids is 1. The van der Waals surface area contributed by atoms with Crippen molar-refractivity contribution in [1.29, 1.82) is 0 Å². The van der Waals surface area contributed by atoms with Gasteiger partial charge in [-0.15, -0.1) is 0 Å². The first-order valence-electron chi connectivity index (χ1n) is 9.34. The Kier molecular flexibility index (Phi) is 6.64.